The van der Waals surface area contributed by atoms with Crippen LogP contribution in [0.5, 0.6) is 0 Å². The lowest BCUT2D eigenvalue weighted by atomic mass is 10.1. The molecule has 0 N–H and O–H groups in total. The highest BCUT2D eigenvalue weighted by Crippen LogP contribution is 2.33. The van der Waals surface area contributed by atoms with Crippen LogP contribution >= 0.6 is 11.6 Å². The zero-order valence-corrected chi connectivity index (χ0v) is 12.6. The van der Waals surface area contributed by atoms with Crippen LogP contribution < -0.4 is 4.90 Å². The van der Waals surface area contributed by atoms with Crippen LogP contribution in [0.3, 0.4) is 0 Å². The van der Waals surface area contributed by atoms with Gasteiger partial charge < -0.3 is 4.90 Å². The van der Waals surface area contributed by atoms with Gasteiger partial charge in [0.05, 0.1) is 12.2 Å². The first-order valence-corrected chi connectivity index (χ1v) is 7.00. The van der Waals surface area contributed by atoms with E-state index in [0.717, 1.165) is 5.56 Å². The molecular weight excluding hydrogens is 292 g/mol. The lowest BCUT2D eigenvalue weighted by Crippen LogP contribution is -2.52. The summed E-state index contributed by atoms with van der Waals surface area (Å²) in [6.07, 6.45) is 0. The highest BCUT2D eigenvalue weighted by atomic mass is 35.5. The second kappa shape index (κ2) is 5.04. The van der Waals surface area contributed by atoms with Crippen LogP contribution in [0.25, 0.3) is 0 Å². The molecule has 2 heterocycles. The highest BCUT2D eigenvalue weighted by molar-refractivity contribution is 6.31. The third kappa shape index (κ3) is 2.25. The SMILES string of the molecule is CN(C)C(=O)CN1C(=O)N2CCN=C2c2ccc(Cl)cc21. The van der Waals surface area contributed by atoms with Crippen molar-refractivity contribution in [1.82, 2.24) is 9.80 Å². The van der Waals surface area contributed by atoms with E-state index >= 15 is 0 Å². The van der Waals surface area contributed by atoms with Gasteiger partial charge in [-0.1, -0.05) is 11.6 Å². The minimum Gasteiger partial charge on any atom is -0.347 e. The molecule has 1 aromatic carbocycles. The number of benzene rings is 1. The molecule has 3 amide bonds. The summed E-state index contributed by atoms with van der Waals surface area (Å²) in [5.41, 5.74) is 1.47. The first kappa shape index (κ1) is 13.9. The van der Waals surface area contributed by atoms with E-state index in [1.807, 2.05) is 6.07 Å². The topological polar surface area (TPSA) is 56.2 Å². The predicted octanol–water partition coefficient (Wildman–Crippen LogP) is 1.43. The summed E-state index contributed by atoms with van der Waals surface area (Å²) in [6, 6.07) is 5.09. The van der Waals surface area contributed by atoms with Crippen molar-refractivity contribution < 1.29 is 9.59 Å². The van der Waals surface area contributed by atoms with E-state index in [9.17, 15) is 9.59 Å². The van der Waals surface area contributed by atoms with Crippen LogP contribution in [-0.2, 0) is 4.79 Å². The maximum Gasteiger partial charge on any atom is 0.330 e. The van der Waals surface area contributed by atoms with Gasteiger partial charge in [-0.3, -0.25) is 19.6 Å². The number of halogens is 1. The molecule has 0 fully saturated rings. The molecule has 0 radical (unpaired) electrons. The Balaban J connectivity index is 2.06. The molecule has 2 aliphatic rings. The lowest BCUT2D eigenvalue weighted by Gasteiger charge is -2.35. The number of urea groups is 1. The van der Waals surface area contributed by atoms with Crippen LogP contribution in [0.15, 0.2) is 23.2 Å². The first-order chi connectivity index (χ1) is 9.99. The Kier molecular flexibility index (Phi) is 3.33. The molecule has 0 aromatic heterocycles. The Morgan fingerprint density at radius 1 is 1.43 bits per heavy atom. The minimum absolute atomic E-state index is 0.0110. The van der Waals surface area contributed by atoms with Crippen molar-refractivity contribution in [2.45, 2.75) is 0 Å². The second-order valence-electron chi connectivity index (χ2n) is 5.18. The zero-order valence-electron chi connectivity index (χ0n) is 11.8. The van der Waals surface area contributed by atoms with Gasteiger partial charge in [0.25, 0.3) is 0 Å². The molecule has 0 spiro atoms. The number of nitrogens with zero attached hydrogens (tertiary/aromatic N) is 4. The highest BCUT2D eigenvalue weighted by Gasteiger charge is 2.38. The van der Waals surface area contributed by atoms with Crippen LogP contribution in [0, 0.1) is 0 Å². The van der Waals surface area contributed by atoms with Crippen molar-refractivity contribution in [3.63, 3.8) is 0 Å². The number of anilines is 1. The molecule has 7 heteroatoms. The van der Waals surface area contributed by atoms with Crippen molar-refractivity contribution >= 4 is 35.1 Å². The first-order valence-electron chi connectivity index (χ1n) is 6.62. The monoisotopic (exact) mass is 306 g/mol. The molecule has 6 nitrogen and oxygen atoms in total. The molecule has 0 aliphatic carbocycles. The Labute approximate surface area is 127 Å². The molecule has 0 atom stereocenters. The Morgan fingerprint density at radius 2 is 2.19 bits per heavy atom. The number of hydrogen-bond acceptors (Lipinski definition) is 3. The number of hydrogen-bond donors (Lipinski definition) is 0. The van der Waals surface area contributed by atoms with Gasteiger partial charge in [-0.25, -0.2) is 4.79 Å². The van der Waals surface area contributed by atoms with E-state index in [1.165, 1.54) is 9.80 Å². The third-order valence-corrected chi connectivity index (χ3v) is 3.82. The molecule has 3 rings (SSSR count). The predicted molar refractivity (Wildman–Crippen MR) is 81.0 cm³/mol. The van der Waals surface area contributed by atoms with Gasteiger partial charge in [0, 0.05) is 31.2 Å². The van der Waals surface area contributed by atoms with Gasteiger partial charge in [-0.2, -0.15) is 0 Å². The average Bonchev–Trinajstić information content (AvgIpc) is 2.92. The van der Waals surface area contributed by atoms with E-state index in [2.05, 4.69) is 4.99 Å². The summed E-state index contributed by atoms with van der Waals surface area (Å²) in [4.78, 5) is 33.5. The molecule has 21 heavy (non-hydrogen) atoms. The number of likely N-dealkylation sites (N-methyl/N-ethyl adjacent to an activating group) is 1. The Morgan fingerprint density at radius 3 is 2.90 bits per heavy atom. The molecule has 0 saturated heterocycles. The van der Waals surface area contributed by atoms with Gasteiger partial charge in [0.15, 0.2) is 0 Å². The fourth-order valence-electron chi connectivity index (χ4n) is 2.46. The molecule has 2 aliphatic heterocycles. The second-order valence-corrected chi connectivity index (χ2v) is 5.61. The summed E-state index contributed by atoms with van der Waals surface area (Å²) >= 11 is 6.04. The summed E-state index contributed by atoms with van der Waals surface area (Å²) in [5.74, 6) is 0.522. The number of carbonyl (C=O) groups excluding carboxylic acids is 2. The molecule has 110 valence electrons. The number of amidine groups is 1. The van der Waals surface area contributed by atoms with E-state index < -0.39 is 0 Å². The molecule has 0 bridgehead atoms. The normalized spacial score (nSPS) is 16.5. The lowest BCUT2D eigenvalue weighted by molar-refractivity contribution is -0.127. The average molecular weight is 307 g/mol. The van der Waals surface area contributed by atoms with Gasteiger partial charge in [0.2, 0.25) is 5.91 Å². The summed E-state index contributed by atoms with van der Waals surface area (Å²) in [7, 11) is 3.33. The molecule has 1 aromatic rings. The number of aliphatic imine (C=N–C) groups is 1. The maximum atomic E-state index is 12.6. The van der Waals surface area contributed by atoms with E-state index in [-0.39, 0.29) is 18.5 Å². The molecule has 0 saturated carbocycles. The fourth-order valence-corrected chi connectivity index (χ4v) is 2.63. The number of fused-ring (bicyclic) bond motifs is 3. The van der Waals surface area contributed by atoms with E-state index in [0.29, 0.717) is 29.6 Å². The van der Waals surface area contributed by atoms with Crippen molar-refractivity contribution in [2.75, 3.05) is 38.6 Å². The van der Waals surface area contributed by atoms with Gasteiger partial charge in [-0.15, -0.1) is 0 Å². The Hall–Kier alpha value is -2.08. The zero-order chi connectivity index (χ0) is 15.1. The van der Waals surface area contributed by atoms with Crippen LogP contribution in [0.1, 0.15) is 5.56 Å². The molecule has 0 unspecified atom stereocenters. The quantitative estimate of drug-likeness (QED) is 0.830. The van der Waals surface area contributed by atoms with Crippen LogP contribution in [0.4, 0.5) is 10.5 Å². The fraction of sp³-hybridized carbons (Fsp3) is 0.357. The number of carbonyl (C=O) groups is 2. The Bertz CT molecular complexity index is 656. The van der Waals surface area contributed by atoms with E-state index in [1.54, 1.807) is 31.1 Å². The van der Waals surface area contributed by atoms with Crippen molar-refractivity contribution in [3.05, 3.63) is 28.8 Å². The van der Waals surface area contributed by atoms with Crippen LogP contribution in [-0.4, -0.2) is 61.3 Å². The van der Waals surface area contributed by atoms with Gasteiger partial charge in [-0.05, 0) is 18.2 Å². The standard InChI is InChI=1S/C14H15ClN4O2/c1-17(2)12(20)8-19-11-7-9(15)3-4-10(11)13-16-5-6-18(13)14(19)21/h3-4,7H,5-6,8H2,1-2H3. The van der Waals surface area contributed by atoms with E-state index in [4.69, 9.17) is 11.6 Å². The van der Waals surface area contributed by atoms with Crippen molar-refractivity contribution in [2.24, 2.45) is 4.99 Å². The van der Waals surface area contributed by atoms with Crippen LogP contribution in [0.2, 0.25) is 5.02 Å². The van der Waals surface area contributed by atoms with Gasteiger partial charge in [0.1, 0.15) is 12.4 Å². The number of rotatable bonds is 2. The maximum absolute atomic E-state index is 12.6. The largest absolute Gasteiger partial charge is 0.347 e. The van der Waals surface area contributed by atoms with Crippen molar-refractivity contribution in [3.8, 4) is 0 Å². The smallest absolute Gasteiger partial charge is 0.330 e. The summed E-state index contributed by atoms with van der Waals surface area (Å²) in [6.45, 7) is 1.12. The minimum atomic E-state index is -0.226. The molecular formula is C14H15ClN4O2. The van der Waals surface area contributed by atoms with Crippen molar-refractivity contribution in [1.29, 1.82) is 0 Å². The third-order valence-electron chi connectivity index (χ3n) is 3.59. The summed E-state index contributed by atoms with van der Waals surface area (Å²) in [5, 5.41) is 0.524. The van der Waals surface area contributed by atoms with Gasteiger partial charge >= 0.3 is 6.03 Å². The summed E-state index contributed by atoms with van der Waals surface area (Å²) < 4.78 is 0. The number of amides is 3.